The van der Waals surface area contributed by atoms with Crippen LogP contribution in [-0.2, 0) is 6.42 Å². The summed E-state index contributed by atoms with van der Waals surface area (Å²) in [4.78, 5) is 4.72. The zero-order valence-electron chi connectivity index (χ0n) is 12.8. The van der Waals surface area contributed by atoms with Gasteiger partial charge in [-0.25, -0.2) is 0 Å². The normalized spacial score (nSPS) is 16.5. The van der Waals surface area contributed by atoms with Gasteiger partial charge in [0.15, 0.2) is 0 Å². The van der Waals surface area contributed by atoms with E-state index in [-0.39, 0.29) is 6.04 Å². The summed E-state index contributed by atoms with van der Waals surface area (Å²) in [5, 5.41) is 0. The van der Waals surface area contributed by atoms with E-state index in [9.17, 15) is 0 Å². The summed E-state index contributed by atoms with van der Waals surface area (Å²) in [5.74, 6) is 0.641. The van der Waals surface area contributed by atoms with Gasteiger partial charge in [0, 0.05) is 5.56 Å². The Morgan fingerprint density at radius 1 is 0.783 bits per heavy atom. The number of aliphatic imine (C=N–C) groups is 1. The van der Waals surface area contributed by atoms with Gasteiger partial charge in [0.05, 0.1) is 6.04 Å². The molecule has 0 aromatic heterocycles. The average Bonchev–Trinajstić information content (AvgIpc) is 2.62. The monoisotopic (exact) mass is 298 g/mol. The number of nitrogens with zero attached hydrogens (tertiary/aromatic N) is 1. The molecule has 2 nitrogen and oxygen atoms in total. The van der Waals surface area contributed by atoms with Gasteiger partial charge in [-0.05, 0) is 34.7 Å². The van der Waals surface area contributed by atoms with Gasteiger partial charge in [0.1, 0.15) is 5.84 Å². The minimum atomic E-state index is 0.0913. The predicted molar refractivity (Wildman–Crippen MR) is 95.5 cm³/mol. The zero-order chi connectivity index (χ0) is 15.6. The molecule has 0 saturated heterocycles. The molecule has 0 spiro atoms. The van der Waals surface area contributed by atoms with Gasteiger partial charge < -0.3 is 5.73 Å². The molecule has 4 rings (SSSR count). The van der Waals surface area contributed by atoms with Crippen molar-refractivity contribution in [3.05, 3.63) is 95.6 Å². The third-order valence-electron chi connectivity index (χ3n) is 4.38. The first-order valence-electron chi connectivity index (χ1n) is 7.88. The predicted octanol–water partition coefficient (Wildman–Crippen LogP) is 4.36. The molecule has 1 aliphatic rings. The Labute approximate surface area is 136 Å². The molecule has 0 radical (unpaired) electrons. The molecule has 1 aliphatic heterocycles. The second-order valence-electron chi connectivity index (χ2n) is 5.88. The topological polar surface area (TPSA) is 38.4 Å². The average molecular weight is 298 g/mol. The first-order chi connectivity index (χ1) is 11.3. The van der Waals surface area contributed by atoms with Crippen LogP contribution in [0, 0.1) is 0 Å². The van der Waals surface area contributed by atoms with Gasteiger partial charge in [-0.3, -0.25) is 4.99 Å². The maximum absolute atomic E-state index is 6.17. The summed E-state index contributed by atoms with van der Waals surface area (Å²) >= 11 is 0. The molecule has 1 heterocycles. The van der Waals surface area contributed by atoms with Crippen LogP contribution in [0.25, 0.3) is 11.1 Å². The van der Waals surface area contributed by atoms with Crippen LogP contribution >= 0.6 is 0 Å². The van der Waals surface area contributed by atoms with Crippen molar-refractivity contribution in [2.45, 2.75) is 12.5 Å². The van der Waals surface area contributed by atoms with E-state index < -0.39 is 0 Å². The quantitative estimate of drug-likeness (QED) is 0.750. The number of fused-ring (bicyclic) bond motifs is 1. The van der Waals surface area contributed by atoms with Gasteiger partial charge in [-0.2, -0.15) is 0 Å². The Morgan fingerprint density at radius 2 is 1.52 bits per heavy atom. The van der Waals surface area contributed by atoms with Gasteiger partial charge in [-0.15, -0.1) is 0 Å². The number of hydrogen-bond donors (Lipinski definition) is 1. The molecule has 3 aromatic rings. The van der Waals surface area contributed by atoms with E-state index >= 15 is 0 Å². The number of nitrogens with two attached hydrogens (primary N) is 1. The molecule has 1 atom stereocenters. The molecule has 0 bridgehead atoms. The lowest BCUT2D eigenvalue weighted by molar-refractivity contribution is 0.710. The minimum absolute atomic E-state index is 0.0913. The summed E-state index contributed by atoms with van der Waals surface area (Å²) in [7, 11) is 0. The van der Waals surface area contributed by atoms with E-state index in [1.165, 1.54) is 22.3 Å². The maximum Gasteiger partial charge on any atom is 0.126 e. The van der Waals surface area contributed by atoms with E-state index in [2.05, 4.69) is 60.7 Å². The molecule has 0 amide bonds. The second kappa shape index (κ2) is 5.73. The Kier molecular flexibility index (Phi) is 3.43. The Balaban J connectivity index is 1.71. The third kappa shape index (κ3) is 2.64. The van der Waals surface area contributed by atoms with Crippen molar-refractivity contribution in [3.63, 3.8) is 0 Å². The van der Waals surface area contributed by atoms with E-state index in [0.29, 0.717) is 5.84 Å². The SMILES string of the molecule is NC1=NC(c2cccc(-c3ccccc3)c2)Cc2ccccc21. The van der Waals surface area contributed by atoms with E-state index in [4.69, 9.17) is 10.7 Å². The van der Waals surface area contributed by atoms with Crippen molar-refractivity contribution in [1.82, 2.24) is 0 Å². The van der Waals surface area contributed by atoms with Crippen molar-refractivity contribution in [1.29, 1.82) is 0 Å². The summed E-state index contributed by atoms with van der Waals surface area (Å²) < 4.78 is 0. The van der Waals surface area contributed by atoms with Crippen LogP contribution in [0.1, 0.15) is 22.7 Å². The van der Waals surface area contributed by atoms with Gasteiger partial charge in [0.2, 0.25) is 0 Å². The van der Waals surface area contributed by atoms with Gasteiger partial charge in [0.25, 0.3) is 0 Å². The Morgan fingerprint density at radius 3 is 2.39 bits per heavy atom. The fourth-order valence-electron chi connectivity index (χ4n) is 3.19. The molecule has 112 valence electrons. The van der Waals surface area contributed by atoms with Crippen LogP contribution < -0.4 is 5.73 Å². The van der Waals surface area contributed by atoms with Crippen molar-refractivity contribution in [2.24, 2.45) is 10.7 Å². The van der Waals surface area contributed by atoms with Crippen LogP contribution in [-0.4, -0.2) is 5.84 Å². The highest BCUT2D eigenvalue weighted by atomic mass is 14.9. The lowest BCUT2D eigenvalue weighted by atomic mass is 9.91. The summed E-state index contributed by atoms with van der Waals surface area (Å²) in [6, 6.07) is 27.4. The molecule has 2 heteroatoms. The Bertz CT molecular complexity index is 866. The van der Waals surface area contributed by atoms with Gasteiger partial charge in [-0.1, -0.05) is 72.8 Å². The molecule has 0 aliphatic carbocycles. The number of benzene rings is 3. The minimum Gasteiger partial charge on any atom is -0.383 e. The largest absolute Gasteiger partial charge is 0.383 e. The van der Waals surface area contributed by atoms with Crippen LogP contribution in [0.15, 0.2) is 83.9 Å². The molecule has 1 unspecified atom stereocenters. The van der Waals surface area contributed by atoms with E-state index in [0.717, 1.165) is 12.0 Å². The van der Waals surface area contributed by atoms with Crippen molar-refractivity contribution >= 4 is 5.84 Å². The number of rotatable bonds is 2. The van der Waals surface area contributed by atoms with Crippen molar-refractivity contribution < 1.29 is 0 Å². The molecule has 0 saturated carbocycles. The fraction of sp³-hybridized carbons (Fsp3) is 0.0952. The lowest BCUT2D eigenvalue weighted by Gasteiger charge is -2.22. The van der Waals surface area contributed by atoms with Crippen molar-refractivity contribution in [2.75, 3.05) is 0 Å². The van der Waals surface area contributed by atoms with Crippen LogP contribution in [0.4, 0.5) is 0 Å². The highest BCUT2D eigenvalue weighted by molar-refractivity contribution is 5.99. The summed E-state index contributed by atoms with van der Waals surface area (Å²) in [6.07, 6.45) is 0.898. The highest BCUT2D eigenvalue weighted by Crippen LogP contribution is 2.31. The van der Waals surface area contributed by atoms with Crippen LogP contribution in [0.3, 0.4) is 0 Å². The third-order valence-corrected chi connectivity index (χ3v) is 4.38. The van der Waals surface area contributed by atoms with E-state index in [1.54, 1.807) is 0 Å². The maximum atomic E-state index is 6.17. The molecule has 23 heavy (non-hydrogen) atoms. The molecule has 0 fully saturated rings. The molecular weight excluding hydrogens is 280 g/mol. The Hall–Kier alpha value is -2.87. The molecule has 3 aromatic carbocycles. The fourth-order valence-corrected chi connectivity index (χ4v) is 3.19. The highest BCUT2D eigenvalue weighted by Gasteiger charge is 2.20. The molecular formula is C21H18N2. The molecule has 2 N–H and O–H groups in total. The second-order valence-corrected chi connectivity index (χ2v) is 5.88. The van der Waals surface area contributed by atoms with Crippen LogP contribution in [0.2, 0.25) is 0 Å². The standard InChI is InChI=1S/C21H18N2/c22-21-19-12-5-4-9-17(19)14-20(23-21)18-11-6-10-16(13-18)15-7-2-1-3-8-15/h1-13,20H,14H2,(H2,22,23). The summed E-state index contributed by atoms with van der Waals surface area (Å²) in [5.41, 5.74) is 12.2. The lowest BCUT2D eigenvalue weighted by Crippen LogP contribution is -2.22. The summed E-state index contributed by atoms with van der Waals surface area (Å²) in [6.45, 7) is 0. The van der Waals surface area contributed by atoms with Gasteiger partial charge >= 0.3 is 0 Å². The van der Waals surface area contributed by atoms with Crippen molar-refractivity contribution in [3.8, 4) is 11.1 Å². The number of amidine groups is 1. The van der Waals surface area contributed by atoms with E-state index in [1.807, 2.05) is 18.2 Å². The zero-order valence-corrected chi connectivity index (χ0v) is 12.8. The first-order valence-corrected chi connectivity index (χ1v) is 7.88. The first kappa shape index (κ1) is 13.8. The van der Waals surface area contributed by atoms with Crippen LogP contribution in [0.5, 0.6) is 0 Å². The number of hydrogen-bond acceptors (Lipinski definition) is 2. The smallest absolute Gasteiger partial charge is 0.126 e.